The van der Waals surface area contributed by atoms with Gasteiger partial charge in [-0.25, -0.2) is 4.98 Å². The molecule has 0 bridgehead atoms. The monoisotopic (exact) mass is 316 g/mol. The number of nitrogens with zero attached hydrogens (tertiary/aromatic N) is 1. The first-order valence-corrected chi connectivity index (χ1v) is 6.91. The minimum Gasteiger partial charge on any atom is -0.436 e. The van der Waals surface area contributed by atoms with Gasteiger partial charge in [-0.15, -0.1) is 0 Å². The van der Waals surface area contributed by atoms with Crippen LogP contribution < -0.4 is 5.73 Å². The van der Waals surface area contributed by atoms with E-state index in [0.717, 1.165) is 27.6 Å². The number of fused-ring (bicyclic) bond motifs is 1. The molecule has 3 rings (SSSR count). The molecule has 4 heteroatoms. The van der Waals surface area contributed by atoms with Gasteiger partial charge in [-0.05, 0) is 48.9 Å². The molecule has 2 aromatic carbocycles. The predicted molar refractivity (Wildman–Crippen MR) is 79.9 cm³/mol. The molecule has 0 aliphatic carbocycles. The largest absolute Gasteiger partial charge is 0.436 e. The molecule has 0 radical (unpaired) electrons. The van der Waals surface area contributed by atoms with Crippen molar-refractivity contribution < 1.29 is 4.42 Å². The molecular weight excluding hydrogens is 304 g/mol. The quantitative estimate of drug-likeness (QED) is 0.800. The molecular formula is C15H13BrN2O. The summed E-state index contributed by atoms with van der Waals surface area (Å²) >= 11 is 3.43. The second-order valence-electron chi connectivity index (χ2n) is 4.37. The van der Waals surface area contributed by atoms with Crippen molar-refractivity contribution in [2.75, 3.05) is 6.54 Å². The van der Waals surface area contributed by atoms with Crippen LogP contribution in [0.25, 0.3) is 22.6 Å². The Hall–Kier alpha value is -1.65. The number of hydrogen-bond acceptors (Lipinski definition) is 3. The lowest BCUT2D eigenvalue weighted by atomic mass is 10.1. The number of nitrogens with two attached hydrogens (primary N) is 1. The Morgan fingerprint density at radius 2 is 2.05 bits per heavy atom. The second-order valence-corrected chi connectivity index (χ2v) is 5.29. The summed E-state index contributed by atoms with van der Waals surface area (Å²) in [6.07, 6.45) is 0.861. The van der Waals surface area contributed by atoms with E-state index in [1.54, 1.807) is 0 Å². The van der Waals surface area contributed by atoms with E-state index in [9.17, 15) is 0 Å². The standard InChI is InChI=1S/C15H13BrN2O/c16-12-4-5-14-13(9-12)18-15(19-14)11-3-1-2-10(8-11)6-7-17/h1-5,8-9H,6-7,17H2. The van der Waals surface area contributed by atoms with E-state index in [1.807, 2.05) is 30.3 Å². The fourth-order valence-electron chi connectivity index (χ4n) is 2.05. The van der Waals surface area contributed by atoms with E-state index in [-0.39, 0.29) is 0 Å². The van der Waals surface area contributed by atoms with Crippen molar-refractivity contribution in [2.24, 2.45) is 5.73 Å². The zero-order valence-electron chi connectivity index (χ0n) is 10.3. The Morgan fingerprint density at radius 1 is 1.16 bits per heavy atom. The molecule has 19 heavy (non-hydrogen) atoms. The summed E-state index contributed by atoms with van der Waals surface area (Å²) in [6, 6.07) is 14.0. The van der Waals surface area contributed by atoms with Gasteiger partial charge < -0.3 is 10.2 Å². The van der Waals surface area contributed by atoms with E-state index >= 15 is 0 Å². The fourth-order valence-corrected chi connectivity index (χ4v) is 2.40. The molecule has 0 spiro atoms. The Kier molecular flexibility index (Phi) is 3.36. The molecule has 3 nitrogen and oxygen atoms in total. The van der Waals surface area contributed by atoms with Crippen molar-refractivity contribution >= 4 is 27.0 Å². The lowest BCUT2D eigenvalue weighted by Crippen LogP contribution is -2.02. The zero-order valence-corrected chi connectivity index (χ0v) is 11.9. The first kappa shape index (κ1) is 12.4. The highest BCUT2D eigenvalue weighted by Crippen LogP contribution is 2.26. The molecule has 0 saturated carbocycles. The highest BCUT2D eigenvalue weighted by Gasteiger charge is 2.08. The maximum Gasteiger partial charge on any atom is 0.227 e. The molecule has 0 unspecified atom stereocenters. The number of benzene rings is 2. The van der Waals surface area contributed by atoms with Gasteiger partial charge in [-0.2, -0.15) is 0 Å². The summed E-state index contributed by atoms with van der Waals surface area (Å²) in [7, 11) is 0. The molecule has 0 fully saturated rings. The molecule has 0 aliphatic rings. The molecule has 0 atom stereocenters. The molecule has 96 valence electrons. The van der Waals surface area contributed by atoms with Gasteiger partial charge in [0.05, 0.1) is 0 Å². The zero-order chi connectivity index (χ0) is 13.2. The third kappa shape index (κ3) is 2.55. The molecule has 0 saturated heterocycles. The maximum absolute atomic E-state index is 5.78. The molecule has 0 amide bonds. The van der Waals surface area contributed by atoms with Crippen molar-refractivity contribution in [2.45, 2.75) is 6.42 Å². The van der Waals surface area contributed by atoms with Crippen molar-refractivity contribution in [1.29, 1.82) is 0 Å². The summed E-state index contributed by atoms with van der Waals surface area (Å²) in [5, 5.41) is 0. The average molecular weight is 317 g/mol. The van der Waals surface area contributed by atoms with Gasteiger partial charge in [0.25, 0.3) is 0 Å². The highest BCUT2D eigenvalue weighted by atomic mass is 79.9. The van der Waals surface area contributed by atoms with Crippen LogP contribution in [0.5, 0.6) is 0 Å². The minimum absolute atomic E-state index is 0.643. The SMILES string of the molecule is NCCc1cccc(-c2nc3cc(Br)ccc3o2)c1. The van der Waals surface area contributed by atoms with Crippen LogP contribution in [0.15, 0.2) is 51.4 Å². The molecule has 0 aliphatic heterocycles. The highest BCUT2D eigenvalue weighted by molar-refractivity contribution is 9.10. The summed E-state index contributed by atoms with van der Waals surface area (Å²) in [6.45, 7) is 0.643. The number of oxazole rings is 1. The Labute approximate surface area is 119 Å². The van der Waals surface area contributed by atoms with E-state index in [0.29, 0.717) is 12.4 Å². The van der Waals surface area contributed by atoms with Crippen LogP contribution in [0, 0.1) is 0 Å². The molecule has 3 aromatic rings. The summed E-state index contributed by atoms with van der Waals surface area (Å²) in [4.78, 5) is 4.52. The van der Waals surface area contributed by atoms with Gasteiger partial charge in [-0.3, -0.25) is 0 Å². The lowest BCUT2D eigenvalue weighted by Gasteiger charge is -2.00. The van der Waals surface area contributed by atoms with Crippen LogP contribution in [-0.2, 0) is 6.42 Å². The van der Waals surface area contributed by atoms with Gasteiger partial charge in [0.2, 0.25) is 5.89 Å². The van der Waals surface area contributed by atoms with Crippen molar-refractivity contribution in [3.05, 3.63) is 52.5 Å². The van der Waals surface area contributed by atoms with Crippen LogP contribution in [-0.4, -0.2) is 11.5 Å². The lowest BCUT2D eigenvalue weighted by molar-refractivity contribution is 0.619. The first-order valence-electron chi connectivity index (χ1n) is 6.12. The summed E-state index contributed by atoms with van der Waals surface area (Å²) < 4.78 is 6.78. The number of rotatable bonds is 3. The number of halogens is 1. The molecule has 2 N–H and O–H groups in total. The minimum atomic E-state index is 0.643. The fraction of sp³-hybridized carbons (Fsp3) is 0.133. The third-order valence-electron chi connectivity index (χ3n) is 2.96. The van der Waals surface area contributed by atoms with Crippen LogP contribution in [0.1, 0.15) is 5.56 Å². The van der Waals surface area contributed by atoms with Gasteiger partial charge >= 0.3 is 0 Å². The van der Waals surface area contributed by atoms with E-state index in [1.165, 1.54) is 5.56 Å². The van der Waals surface area contributed by atoms with Gasteiger partial charge in [0.1, 0.15) is 5.52 Å². The summed E-state index contributed by atoms with van der Waals surface area (Å²) in [5.74, 6) is 0.645. The van der Waals surface area contributed by atoms with Gasteiger partial charge in [-0.1, -0.05) is 28.1 Å². The third-order valence-corrected chi connectivity index (χ3v) is 3.45. The number of aromatic nitrogens is 1. The van der Waals surface area contributed by atoms with E-state index < -0.39 is 0 Å². The van der Waals surface area contributed by atoms with Crippen LogP contribution in [0.4, 0.5) is 0 Å². The molecule has 1 heterocycles. The van der Waals surface area contributed by atoms with Gasteiger partial charge in [0.15, 0.2) is 5.58 Å². The van der Waals surface area contributed by atoms with Crippen molar-refractivity contribution in [3.8, 4) is 11.5 Å². The maximum atomic E-state index is 5.78. The molecule has 1 aromatic heterocycles. The smallest absolute Gasteiger partial charge is 0.227 e. The van der Waals surface area contributed by atoms with Crippen molar-refractivity contribution in [3.63, 3.8) is 0 Å². The Balaban J connectivity index is 2.05. The second kappa shape index (κ2) is 5.15. The summed E-state index contributed by atoms with van der Waals surface area (Å²) in [5.41, 5.74) is 9.41. The van der Waals surface area contributed by atoms with E-state index in [2.05, 4.69) is 33.0 Å². The van der Waals surface area contributed by atoms with Crippen LogP contribution >= 0.6 is 15.9 Å². The van der Waals surface area contributed by atoms with Gasteiger partial charge in [0, 0.05) is 10.0 Å². The van der Waals surface area contributed by atoms with Crippen LogP contribution in [0.3, 0.4) is 0 Å². The first-order chi connectivity index (χ1) is 9.26. The van der Waals surface area contributed by atoms with E-state index in [4.69, 9.17) is 10.2 Å². The Morgan fingerprint density at radius 3 is 2.89 bits per heavy atom. The number of hydrogen-bond donors (Lipinski definition) is 1. The Bertz CT molecular complexity index is 721. The van der Waals surface area contributed by atoms with Crippen LogP contribution in [0.2, 0.25) is 0 Å². The topological polar surface area (TPSA) is 52.0 Å². The average Bonchev–Trinajstić information content (AvgIpc) is 2.82. The normalized spacial score (nSPS) is 11.1. The predicted octanol–water partition coefficient (Wildman–Crippen LogP) is 3.76. The van der Waals surface area contributed by atoms with Crippen molar-refractivity contribution in [1.82, 2.24) is 4.98 Å².